The molecule has 1 fully saturated rings. The van der Waals surface area contributed by atoms with Crippen molar-refractivity contribution in [3.63, 3.8) is 0 Å². The molecule has 1 aliphatic rings. The largest absolute Gasteiger partial charge is 0.322 e. The van der Waals surface area contributed by atoms with Gasteiger partial charge in [-0.15, -0.1) is 0 Å². The molecule has 1 aromatic carbocycles. The summed E-state index contributed by atoms with van der Waals surface area (Å²) >= 11 is 0. The SMILES string of the molecule is Cc1cc(C)n2ncc(C(=O)Nc3ccc(C#CCCN4CCCCC4)cc3)c2n1. The van der Waals surface area contributed by atoms with Crippen molar-refractivity contribution in [1.82, 2.24) is 19.5 Å². The van der Waals surface area contributed by atoms with Gasteiger partial charge in [-0.3, -0.25) is 4.79 Å². The minimum Gasteiger partial charge on any atom is -0.322 e. The van der Waals surface area contributed by atoms with E-state index in [4.69, 9.17) is 0 Å². The molecule has 30 heavy (non-hydrogen) atoms. The van der Waals surface area contributed by atoms with Crippen molar-refractivity contribution in [2.75, 3.05) is 25.0 Å². The molecule has 0 spiro atoms. The molecule has 0 atom stereocenters. The fourth-order valence-electron chi connectivity index (χ4n) is 3.83. The third-order valence-electron chi connectivity index (χ3n) is 5.40. The lowest BCUT2D eigenvalue weighted by Gasteiger charge is -2.25. The van der Waals surface area contributed by atoms with Crippen molar-refractivity contribution in [3.8, 4) is 11.8 Å². The summed E-state index contributed by atoms with van der Waals surface area (Å²) in [5.74, 6) is 6.26. The lowest BCUT2D eigenvalue weighted by atomic mass is 10.1. The zero-order valence-corrected chi connectivity index (χ0v) is 17.6. The Kier molecular flexibility index (Phi) is 6.10. The summed E-state index contributed by atoms with van der Waals surface area (Å²) < 4.78 is 1.69. The van der Waals surface area contributed by atoms with E-state index < -0.39 is 0 Å². The summed E-state index contributed by atoms with van der Waals surface area (Å²) in [5.41, 5.74) is 4.51. The first kappa shape index (κ1) is 20.1. The molecule has 3 aromatic rings. The highest BCUT2D eigenvalue weighted by Crippen LogP contribution is 2.15. The van der Waals surface area contributed by atoms with Gasteiger partial charge in [0.25, 0.3) is 5.91 Å². The molecule has 1 saturated heterocycles. The highest BCUT2D eigenvalue weighted by atomic mass is 16.1. The van der Waals surface area contributed by atoms with Gasteiger partial charge in [-0.2, -0.15) is 5.10 Å². The van der Waals surface area contributed by atoms with E-state index in [0.29, 0.717) is 11.2 Å². The Bertz CT molecular complexity index is 1100. The van der Waals surface area contributed by atoms with Crippen LogP contribution in [-0.2, 0) is 0 Å². The monoisotopic (exact) mass is 401 g/mol. The van der Waals surface area contributed by atoms with Crippen LogP contribution in [0.5, 0.6) is 0 Å². The van der Waals surface area contributed by atoms with E-state index in [1.54, 1.807) is 10.7 Å². The first-order valence-electron chi connectivity index (χ1n) is 10.5. The Morgan fingerprint density at radius 2 is 1.90 bits per heavy atom. The van der Waals surface area contributed by atoms with Gasteiger partial charge >= 0.3 is 0 Å². The van der Waals surface area contributed by atoms with Crippen LogP contribution < -0.4 is 5.32 Å². The molecule has 0 saturated carbocycles. The minimum absolute atomic E-state index is 0.220. The number of nitrogens with zero attached hydrogens (tertiary/aromatic N) is 4. The number of aromatic nitrogens is 3. The Morgan fingerprint density at radius 1 is 1.13 bits per heavy atom. The zero-order chi connectivity index (χ0) is 20.9. The highest BCUT2D eigenvalue weighted by Gasteiger charge is 2.15. The number of amides is 1. The zero-order valence-electron chi connectivity index (χ0n) is 17.6. The third kappa shape index (κ3) is 4.69. The van der Waals surface area contributed by atoms with Crippen LogP contribution in [0.25, 0.3) is 5.65 Å². The number of anilines is 1. The lowest BCUT2D eigenvalue weighted by Crippen LogP contribution is -2.30. The summed E-state index contributed by atoms with van der Waals surface area (Å²) in [4.78, 5) is 19.7. The molecular weight excluding hydrogens is 374 g/mol. The predicted molar refractivity (Wildman–Crippen MR) is 119 cm³/mol. The number of carbonyl (C=O) groups is 1. The smallest absolute Gasteiger partial charge is 0.261 e. The van der Waals surface area contributed by atoms with E-state index in [1.165, 1.54) is 32.4 Å². The molecule has 0 radical (unpaired) electrons. The summed E-state index contributed by atoms with van der Waals surface area (Å²) in [7, 11) is 0. The second-order valence-corrected chi connectivity index (χ2v) is 7.82. The van der Waals surface area contributed by atoms with Crippen molar-refractivity contribution >= 4 is 17.2 Å². The summed E-state index contributed by atoms with van der Waals surface area (Å²) in [6.45, 7) is 7.32. The fraction of sp³-hybridized carbons (Fsp3) is 0.375. The van der Waals surface area contributed by atoms with E-state index in [-0.39, 0.29) is 5.91 Å². The van der Waals surface area contributed by atoms with Gasteiger partial charge in [-0.1, -0.05) is 18.3 Å². The quantitative estimate of drug-likeness (QED) is 0.675. The van der Waals surface area contributed by atoms with E-state index in [2.05, 4.69) is 32.1 Å². The van der Waals surface area contributed by atoms with E-state index in [0.717, 1.165) is 35.6 Å². The Hall–Kier alpha value is -3.17. The number of rotatable bonds is 4. The maximum Gasteiger partial charge on any atom is 0.261 e. The van der Waals surface area contributed by atoms with E-state index >= 15 is 0 Å². The molecular formula is C24H27N5O. The molecule has 1 amide bonds. The van der Waals surface area contributed by atoms with Gasteiger partial charge < -0.3 is 10.2 Å². The van der Waals surface area contributed by atoms with Crippen LogP contribution in [-0.4, -0.2) is 45.0 Å². The van der Waals surface area contributed by atoms with Gasteiger partial charge in [0.1, 0.15) is 5.56 Å². The van der Waals surface area contributed by atoms with Crippen LogP contribution in [0.2, 0.25) is 0 Å². The van der Waals surface area contributed by atoms with Gasteiger partial charge in [0, 0.05) is 35.6 Å². The molecule has 4 rings (SSSR count). The van der Waals surface area contributed by atoms with Crippen LogP contribution in [0.3, 0.4) is 0 Å². The summed E-state index contributed by atoms with van der Waals surface area (Å²) in [6.07, 6.45) is 6.43. The molecule has 0 bridgehead atoms. The fourth-order valence-corrected chi connectivity index (χ4v) is 3.83. The van der Waals surface area contributed by atoms with Crippen molar-refractivity contribution in [1.29, 1.82) is 0 Å². The Labute approximate surface area is 177 Å². The molecule has 1 N–H and O–H groups in total. The topological polar surface area (TPSA) is 62.5 Å². The lowest BCUT2D eigenvalue weighted by molar-refractivity contribution is 0.102. The van der Waals surface area contributed by atoms with E-state index in [9.17, 15) is 4.79 Å². The predicted octanol–water partition coefficient (Wildman–Crippen LogP) is 3.83. The standard InChI is InChI=1S/C24H27N5O/c1-18-16-19(2)29-23(26-18)22(17-25-29)24(30)27-21-11-9-20(10-12-21)8-4-7-15-28-13-5-3-6-14-28/h9-12,16-17H,3,5-7,13-15H2,1-2H3,(H,27,30). The first-order valence-corrected chi connectivity index (χ1v) is 10.5. The molecule has 2 aromatic heterocycles. The number of hydrogen-bond acceptors (Lipinski definition) is 4. The maximum absolute atomic E-state index is 12.7. The first-order chi connectivity index (χ1) is 14.6. The van der Waals surface area contributed by atoms with Gasteiger partial charge in [0.05, 0.1) is 6.20 Å². The molecule has 6 nitrogen and oxygen atoms in total. The molecule has 0 aliphatic carbocycles. The van der Waals surface area contributed by atoms with Crippen molar-refractivity contribution in [2.45, 2.75) is 39.5 Å². The van der Waals surface area contributed by atoms with Gasteiger partial charge in [-0.05, 0) is 70.1 Å². The molecule has 154 valence electrons. The summed E-state index contributed by atoms with van der Waals surface area (Å²) in [6, 6.07) is 9.57. The molecule has 1 aliphatic heterocycles. The molecule has 0 unspecified atom stereocenters. The van der Waals surface area contributed by atoms with Crippen LogP contribution in [0.15, 0.2) is 36.5 Å². The van der Waals surface area contributed by atoms with Crippen LogP contribution >= 0.6 is 0 Å². The van der Waals surface area contributed by atoms with Crippen LogP contribution in [0, 0.1) is 25.7 Å². The third-order valence-corrected chi connectivity index (χ3v) is 5.40. The van der Waals surface area contributed by atoms with Crippen molar-refractivity contribution < 1.29 is 4.79 Å². The van der Waals surface area contributed by atoms with Crippen LogP contribution in [0.4, 0.5) is 5.69 Å². The minimum atomic E-state index is -0.220. The second-order valence-electron chi connectivity index (χ2n) is 7.82. The average molecular weight is 402 g/mol. The van der Waals surface area contributed by atoms with Gasteiger partial charge in [-0.25, -0.2) is 9.50 Å². The number of fused-ring (bicyclic) bond motifs is 1. The summed E-state index contributed by atoms with van der Waals surface area (Å²) in [5, 5.41) is 7.21. The normalized spacial score (nSPS) is 14.3. The second kappa shape index (κ2) is 9.10. The highest BCUT2D eigenvalue weighted by molar-refractivity contribution is 6.08. The van der Waals surface area contributed by atoms with Crippen molar-refractivity contribution in [3.05, 3.63) is 59.0 Å². The van der Waals surface area contributed by atoms with Gasteiger partial charge in [0.2, 0.25) is 0 Å². The Balaban J connectivity index is 1.37. The van der Waals surface area contributed by atoms with Gasteiger partial charge in [0.15, 0.2) is 5.65 Å². The number of aryl methyl sites for hydroxylation is 2. The number of carbonyl (C=O) groups excluding carboxylic acids is 1. The number of piperidine rings is 1. The maximum atomic E-state index is 12.7. The molecule has 3 heterocycles. The van der Waals surface area contributed by atoms with Crippen molar-refractivity contribution in [2.24, 2.45) is 0 Å². The number of nitrogens with one attached hydrogen (secondary N) is 1. The average Bonchev–Trinajstić information content (AvgIpc) is 3.17. The van der Waals surface area contributed by atoms with Crippen LogP contribution in [0.1, 0.15) is 53.0 Å². The number of benzene rings is 1. The Morgan fingerprint density at radius 3 is 2.67 bits per heavy atom. The number of likely N-dealkylation sites (tertiary alicyclic amines) is 1. The molecule has 6 heteroatoms. The number of hydrogen-bond donors (Lipinski definition) is 1. The van der Waals surface area contributed by atoms with E-state index in [1.807, 2.05) is 44.2 Å².